The van der Waals surface area contributed by atoms with Crippen LogP contribution >= 0.6 is 0 Å². The highest BCUT2D eigenvalue weighted by Crippen LogP contribution is 2.30. The fourth-order valence-electron chi connectivity index (χ4n) is 3.72. The van der Waals surface area contributed by atoms with Gasteiger partial charge in [-0.05, 0) is 48.7 Å². The molecule has 2 heterocycles. The van der Waals surface area contributed by atoms with Gasteiger partial charge in [0.2, 0.25) is 5.91 Å². The van der Waals surface area contributed by atoms with E-state index in [2.05, 4.69) is 47.2 Å². The SMILES string of the molecule is CCc1c(-c2nc(CCN(C)C(=O)Cc3cccc(F)c3)no2)[nH]c2ccc(C)cc12. The number of rotatable bonds is 7. The van der Waals surface area contributed by atoms with Gasteiger partial charge in [0.15, 0.2) is 5.82 Å². The fraction of sp³-hybridized carbons (Fsp3) is 0.292. The van der Waals surface area contributed by atoms with E-state index in [1.807, 2.05) is 0 Å². The quantitative estimate of drug-likeness (QED) is 0.479. The Bertz CT molecular complexity index is 1230. The Labute approximate surface area is 180 Å². The molecule has 0 fully saturated rings. The summed E-state index contributed by atoms with van der Waals surface area (Å²) in [5.41, 5.74) is 4.89. The molecule has 160 valence electrons. The minimum Gasteiger partial charge on any atom is -0.350 e. The number of hydrogen-bond donors (Lipinski definition) is 1. The minimum absolute atomic E-state index is 0.0893. The first-order chi connectivity index (χ1) is 14.9. The third-order valence-corrected chi connectivity index (χ3v) is 5.44. The van der Waals surface area contributed by atoms with E-state index in [4.69, 9.17) is 4.52 Å². The fourth-order valence-corrected chi connectivity index (χ4v) is 3.72. The molecule has 0 spiro atoms. The van der Waals surface area contributed by atoms with Crippen molar-refractivity contribution in [3.63, 3.8) is 0 Å². The molecule has 0 unspecified atom stereocenters. The number of amides is 1. The zero-order valence-corrected chi connectivity index (χ0v) is 17.9. The second kappa shape index (κ2) is 8.71. The lowest BCUT2D eigenvalue weighted by atomic mass is 10.1. The first-order valence-electron chi connectivity index (χ1n) is 10.4. The summed E-state index contributed by atoms with van der Waals surface area (Å²) in [6.45, 7) is 4.62. The van der Waals surface area contributed by atoms with Gasteiger partial charge >= 0.3 is 0 Å². The predicted octanol–water partition coefficient (Wildman–Crippen LogP) is 4.47. The lowest BCUT2D eigenvalue weighted by Gasteiger charge is -2.16. The van der Waals surface area contributed by atoms with E-state index in [1.165, 1.54) is 23.1 Å². The number of hydrogen-bond acceptors (Lipinski definition) is 4. The number of fused-ring (bicyclic) bond motifs is 1. The van der Waals surface area contributed by atoms with Crippen LogP contribution < -0.4 is 0 Å². The summed E-state index contributed by atoms with van der Waals surface area (Å²) >= 11 is 0. The standard InChI is InChI=1S/C24H25FN4O2/c1-4-18-19-12-15(2)8-9-20(19)26-23(18)24-27-21(28-31-24)10-11-29(3)22(30)14-16-6-5-7-17(25)13-16/h5-9,12-13,26H,4,10-11,14H2,1-3H3. The Kier molecular flexibility index (Phi) is 5.84. The molecule has 1 amide bonds. The minimum atomic E-state index is -0.342. The molecular weight excluding hydrogens is 395 g/mol. The molecule has 7 heteroatoms. The van der Waals surface area contributed by atoms with Gasteiger partial charge in [-0.15, -0.1) is 0 Å². The highest BCUT2D eigenvalue weighted by molar-refractivity contribution is 5.90. The van der Waals surface area contributed by atoms with Crippen LogP contribution in [0.15, 0.2) is 47.0 Å². The van der Waals surface area contributed by atoms with Crippen LogP contribution in [0.4, 0.5) is 4.39 Å². The number of benzene rings is 2. The lowest BCUT2D eigenvalue weighted by Crippen LogP contribution is -2.30. The number of aromatic nitrogens is 3. The van der Waals surface area contributed by atoms with E-state index in [0.717, 1.165) is 23.2 Å². The number of likely N-dealkylation sites (N-methyl/N-ethyl adjacent to an activating group) is 1. The Hall–Kier alpha value is -3.48. The number of nitrogens with one attached hydrogen (secondary N) is 1. The second-order valence-electron chi connectivity index (χ2n) is 7.77. The zero-order chi connectivity index (χ0) is 22.0. The molecule has 0 saturated heterocycles. The first kappa shape index (κ1) is 20.8. The molecule has 0 radical (unpaired) electrons. The van der Waals surface area contributed by atoms with Crippen LogP contribution in [0.25, 0.3) is 22.5 Å². The normalized spacial score (nSPS) is 11.2. The third-order valence-electron chi connectivity index (χ3n) is 5.44. The number of halogens is 1. The van der Waals surface area contributed by atoms with Crippen molar-refractivity contribution in [1.29, 1.82) is 0 Å². The maximum atomic E-state index is 13.3. The maximum absolute atomic E-state index is 13.3. The molecule has 0 aliphatic heterocycles. The topological polar surface area (TPSA) is 75.0 Å². The van der Waals surface area contributed by atoms with Gasteiger partial charge in [-0.2, -0.15) is 4.98 Å². The number of carbonyl (C=O) groups is 1. The van der Waals surface area contributed by atoms with Crippen LogP contribution in [-0.2, 0) is 24.1 Å². The van der Waals surface area contributed by atoms with Crippen molar-refractivity contribution in [2.75, 3.05) is 13.6 Å². The zero-order valence-electron chi connectivity index (χ0n) is 17.9. The molecule has 0 atom stereocenters. The molecule has 2 aromatic heterocycles. The molecule has 0 saturated carbocycles. The molecule has 2 aromatic carbocycles. The van der Waals surface area contributed by atoms with Gasteiger partial charge in [0.05, 0.1) is 6.42 Å². The number of aryl methyl sites for hydroxylation is 2. The number of aromatic amines is 1. The van der Waals surface area contributed by atoms with Gasteiger partial charge < -0.3 is 14.4 Å². The molecule has 0 aliphatic carbocycles. The Morgan fingerprint density at radius 1 is 1.23 bits per heavy atom. The van der Waals surface area contributed by atoms with E-state index in [0.29, 0.717) is 30.2 Å². The third kappa shape index (κ3) is 4.50. The summed E-state index contributed by atoms with van der Waals surface area (Å²) in [6, 6.07) is 12.4. The van der Waals surface area contributed by atoms with Crippen molar-refractivity contribution < 1.29 is 13.7 Å². The van der Waals surface area contributed by atoms with Crippen molar-refractivity contribution in [1.82, 2.24) is 20.0 Å². The van der Waals surface area contributed by atoms with Crippen LogP contribution in [0.1, 0.15) is 29.4 Å². The highest BCUT2D eigenvalue weighted by Gasteiger charge is 2.18. The molecule has 6 nitrogen and oxygen atoms in total. The highest BCUT2D eigenvalue weighted by atomic mass is 19.1. The Morgan fingerprint density at radius 3 is 2.84 bits per heavy atom. The molecule has 31 heavy (non-hydrogen) atoms. The summed E-state index contributed by atoms with van der Waals surface area (Å²) < 4.78 is 18.8. The molecule has 4 rings (SSSR count). The van der Waals surface area contributed by atoms with Crippen molar-refractivity contribution >= 4 is 16.8 Å². The Morgan fingerprint density at radius 2 is 2.06 bits per heavy atom. The van der Waals surface area contributed by atoms with E-state index >= 15 is 0 Å². The van der Waals surface area contributed by atoms with Gasteiger partial charge in [-0.3, -0.25) is 4.79 Å². The largest absolute Gasteiger partial charge is 0.350 e. The monoisotopic (exact) mass is 420 g/mol. The van der Waals surface area contributed by atoms with Crippen molar-refractivity contribution in [2.24, 2.45) is 0 Å². The summed E-state index contributed by atoms with van der Waals surface area (Å²) in [5.74, 6) is 0.561. The molecule has 1 N–H and O–H groups in total. The number of H-pyrrole nitrogens is 1. The van der Waals surface area contributed by atoms with Crippen LogP contribution in [0.3, 0.4) is 0 Å². The van der Waals surface area contributed by atoms with Crippen LogP contribution in [-0.4, -0.2) is 39.5 Å². The average molecular weight is 420 g/mol. The predicted molar refractivity (Wildman–Crippen MR) is 117 cm³/mol. The smallest absolute Gasteiger partial charge is 0.274 e. The van der Waals surface area contributed by atoms with Gasteiger partial charge in [-0.1, -0.05) is 35.8 Å². The molecule has 0 bridgehead atoms. The van der Waals surface area contributed by atoms with Gasteiger partial charge in [0, 0.05) is 30.9 Å². The van der Waals surface area contributed by atoms with Gasteiger partial charge in [-0.25, -0.2) is 4.39 Å². The van der Waals surface area contributed by atoms with Crippen LogP contribution in [0.5, 0.6) is 0 Å². The number of nitrogens with zero attached hydrogens (tertiary/aromatic N) is 3. The molecule has 0 aliphatic rings. The van der Waals surface area contributed by atoms with E-state index in [1.54, 1.807) is 24.1 Å². The van der Waals surface area contributed by atoms with Gasteiger partial charge in [0.1, 0.15) is 11.5 Å². The summed E-state index contributed by atoms with van der Waals surface area (Å²) in [5, 5.41) is 5.26. The number of carbonyl (C=O) groups excluding carboxylic acids is 1. The van der Waals surface area contributed by atoms with Crippen molar-refractivity contribution in [2.45, 2.75) is 33.1 Å². The van der Waals surface area contributed by atoms with Crippen LogP contribution in [0, 0.1) is 12.7 Å². The van der Waals surface area contributed by atoms with E-state index in [-0.39, 0.29) is 18.1 Å². The maximum Gasteiger partial charge on any atom is 0.274 e. The summed E-state index contributed by atoms with van der Waals surface area (Å²) in [7, 11) is 1.72. The van der Waals surface area contributed by atoms with E-state index in [9.17, 15) is 9.18 Å². The average Bonchev–Trinajstić information content (AvgIpc) is 3.35. The van der Waals surface area contributed by atoms with Gasteiger partial charge in [0.25, 0.3) is 5.89 Å². The summed E-state index contributed by atoms with van der Waals surface area (Å²) in [4.78, 5) is 22.0. The molecular formula is C24H25FN4O2. The lowest BCUT2D eigenvalue weighted by molar-refractivity contribution is -0.129. The van der Waals surface area contributed by atoms with Crippen LogP contribution in [0.2, 0.25) is 0 Å². The Balaban J connectivity index is 1.44. The first-order valence-corrected chi connectivity index (χ1v) is 10.4. The molecule has 4 aromatic rings. The second-order valence-corrected chi connectivity index (χ2v) is 7.77. The van der Waals surface area contributed by atoms with E-state index < -0.39 is 0 Å². The summed E-state index contributed by atoms with van der Waals surface area (Å²) in [6.07, 6.45) is 1.46. The van der Waals surface area contributed by atoms with Crippen molar-refractivity contribution in [3.8, 4) is 11.6 Å². The van der Waals surface area contributed by atoms with Crippen molar-refractivity contribution in [3.05, 3.63) is 70.8 Å².